The van der Waals surface area contributed by atoms with Crippen LogP contribution in [0.4, 0.5) is 31.8 Å². The van der Waals surface area contributed by atoms with E-state index in [1.54, 1.807) is 43.3 Å². The number of fused-ring (bicyclic) bond motifs is 1. The van der Waals surface area contributed by atoms with Crippen LogP contribution in [0.25, 0.3) is 0 Å². The standard InChI is InChI=1S/C17H11F2N4.C9H13.ClH.Ir/c18-12-1-5-14(6-2-12)22-11-23(15-7-3-13(19)4-8-15)17-16(22)20-9-10-21-17;1-2-5-9(6-3-1)7-4-8-9;;/h1-11H;2,4,7H,1,3,5-6,8H2;1H;/q2*-1;;+3/p-1. The maximum atomic E-state index is 13.1. The summed E-state index contributed by atoms with van der Waals surface area (Å²) in [5.74, 6) is 0.650. The molecule has 0 N–H and O–H groups in total. The Hall–Kier alpha value is -2.34. The molecule has 3 aliphatic rings. The monoisotopic (exact) mass is 658 g/mol. The van der Waals surface area contributed by atoms with Crippen LogP contribution in [0.5, 0.6) is 0 Å². The Morgan fingerprint density at radius 1 is 0.853 bits per heavy atom. The molecule has 1 spiro atoms. The van der Waals surface area contributed by atoms with Gasteiger partial charge in [0.2, 0.25) is 0 Å². The van der Waals surface area contributed by atoms with Crippen LogP contribution >= 0.6 is 9.58 Å². The van der Waals surface area contributed by atoms with Gasteiger partial charge in [0.1, 0.15) is 23.3 Å². The Labute approximate surface area is 213 Å². The summed E-state index contributed by atoms with van der Waals surface area (Å²) in [5.41, 5.74) is 2.19. The molecule has 1 saturated carbocycles. The molecule has 2 aliphatic carbocycles. The number of aromatic nitrogens is 2. The van der Waals surface area contributed by atoms with E-state index < -0.39 is 0 Å². The first-order valence-corrected chi connectivity index (χ1v) is 14.0. The van der Waals surface area contributed by atoms with Crippen molar-refractivity contribution in [2.75, 3.05) is 9.80 Å². The number of benzene rings is 2. The number of halogens is 3. The van der Waals surface area contributed by atoms with Crippen molar-refractivity contribution in [1.82, 2.24) is 9.97 Å². The molecule has 1 aliphatic heterocycles. The predicted molar refractivity (Wildman–Crippen MR) is 128 cm³/mol. The normalized spacial score (nSPS) is 20.0. The molecule has 2 heterocycles. The van der Waals surface area contributed by atoms with Gasteiger partial charge in [-0.2, -0.15) is 12.8 Å². The van der Waals surface area contributed by atoms with Gasteiger partial charge in [-0.1, -0.05) is 18.6 Å². The number of anilines is 4. The van der Waals surface area contributed by atoms with Crippen molar-refractivity contribution in [1.29, 1.82) is 0 Å². The molecular weight excluding hydrogens is 634 g/mol. The summed E-state index contributed by atoms with van der Waals surface area (Å²) < 4.78 is 26.3. The summed E-state index contributed by atoms with van der Waals surface area (Å²) in [6.07, 6.45) is 17.3. The average Bonchev–Trinajstić information content (AvgIpc) is 3.26. The Bertz CT molecular complexity index is 1030. The minimum atomic E-state index is -0.303. The van der Waals surface area contributed by atoms with Crippen LogP contribution in [0.15, 0.2) is 73.1 Å². The van der Waals surface area contributed by atoms with E-state index in [0.29, 0.717) is 17.1 Å². The van der Waals surface area contributed by atoms with Gasteiger partial charge < -0.3 is 16.2 Å². The van der Waals surface area contributed by atoms with Gasteiger partial charge in [0, 0.05) is 23.8 Å². The van der Waals surface area contributed by atoms with Crippen LogP contribution in [0.3, 0.4) is 0 Å². The number of hydrogen-bond acceptors (Lipinski definition) is 4. The third-order valence-electron chi connectivity index (χ3n) is 6.19. The SMILES string of the molecule is C1=CC2(C1)C[CH-]CCC2.Fc1ccc(N2[CH-]N(c3ccc(F)cc3)c3nccnc32)cc1.[Cl][Ir+2]. The molecule has 0 saturated heterocycles. The summed E-state index contributed by atoms with van der Waals surface area (Å²) in [6, 6.07) is 12.2. The zero-order valence-corrected chi connectivity index (χ0v) is 21.5. The van der Waals surface area contributed by atoms with Crippen LogP contribution in [0, 0.1) is 30.1 Å². The molecule has 1 atom stereocenters. The van der Waals surface area contributed by atoms with Crippen LogP contribution in [-0.2, 0) is 17.9 Å². The number of hydrogen-bond donors (Lipinski definition) is 0. The second kappa shape index (κ2) is 11.4. The minimum absolute atomic E-state index is 0.303. The van der Waals surface area contributed by atoms with Gasteiger partial charge in [0.05, 0.1) is 0 Å². The summed E-state index contributed by atoms with van der Waals surface area (Å²) >= 11 is 1.47. The van der Waals surface area contributed by atoms with Crippen LogP contribution in [0.2, 0.25) is 0 Å². The molecule has 34 heavy (non-hydrogen) atoms. The van der Waals surface area contributed by atoms with Gasteiger partial charge in [-0.15, -0.1) is 6.67 Å². The maximum absolute atomic E-state index is 13.1. The van der Waals surface area contributed by atoms with Gasteiger partial charge in [-0.3, -0.25) is 0 Å². The molecule has 2 aromatic carbocycles. The molecule has 1 fully saturated rings. The van der Waals surface area contributed by atoms with Crippen molar-refractivity contribution in [2.24, 2.45) is 5.41 Å². The quantitative estimate of drug-likeness (QED) is 0.210. The topological polar surface area (TPSA) is 32.3 Å². The summed E-state index contributed by atoms with van der Waals surface area (Å²) in [6.45, 7) is 1.80. The van der Waals surface area contributed by atoms with Crippen LogP contribution in [0.1, 0.15) is 32.1 Å². The molecule has 8 heteroatoms. The van der Waals surface area contributed by atoms with Crippen molar-refractivity contribution >= 4 is 32.6 Å². The van der Waals surface area contributed by atoms with Gasteiger partial charge in [-0.05, 0) is 66.8 Å². The number of allylic oxidation sites excluding steroid dienone is 2. The van der Waals surface area contributed by atoms with Crippen molar-refractivity contribution in [3.05, 3.63) is 97.8 Å². The fourth-order valence-corrected chi connectivity index (χ4v) is 4.35. The third-order valence-corrected chi connectivity index (χ3v) is 6.19. The summed E-state index contributed by atoms with van der Waals surface area (Å²) in [4.78, 5) is 12.3. The van der Waals surface area contributed by atoms with E-state index in [1.807, 2.05) is 9.80 Å². The van der Waals surface area contributed by atoms with Gasteiger partial charge in [0.25, 0.3) is 0 Å². The molecular formula is C26H24ClF2IrN4. The van der Waals surface area contributed by atoms with Gasteiger partial charge in [-0.25, -0.2) is 18.7 Å². The molecule has 0 bridgehead atoms. The Morgan fingerprint density at radius 3 is 1.71 bits per heavy atom. The number of rotatable bonds is 2. The third kappa shape index (κ3) is 5.48. The van der Waals surface area contributed by atoms with E-state index in [4.69, 9.17) is 0 Å². The zero-order valence-electron chi connectivity index (χ0n) is 18.4. The molecule has 1 unspecified atom stereocenters. The van der Waals surface area contributed by atoms with E-state index >= 15 is 0 Å². The molecule has 4 nitrogen and oxygen atoms in total. The Morgan fingerprint density at radius 2 is 1.35 bits per heavy atom. The van der Waals surface area contributed by atoms with E-state index in [0.717, 1.165) is 11.4 Å². The van der Waals surface area contributed by atoms with Crippen molar-refractivity contribution in [3.63, 3.8) is 0 Å². The summed E-state index contributed by atoms with van der Waals surface area (Å²) in [5, 5.41) is 0. The van der Waals surface area contributed by atoms with Crippen LogP contribution in [-0.4, -0.2) is 9.97 Å². The fraction of sp³-hybridized carbons (Fsp3) is 0.231. The molecule has 178 valence electrons. The second-order valence-electron chi connectivity index (χ2n) is 8.37. The number of nitrogens with zero attached hydrogens (tertiary/aromatic N) is 4. The van der Waals surface area contributed by atoms with Crippen molar-refractivity contribution in [2.45, 2.75) is 32.1 Å². The first kappa shape index (κ1) is 24.8. The van der Waals surface area contributed by atoms with Gasteiger partial charge >= 0.3 is 27.5 Å². The van der Waals surface area contributed by atoms with Gasteiger partial charge in [0.15, 0.2) is 0 Å². The molecule has 0 amide bonds. The first-order chi connectivity index (χ1) is 16.6. The second-order valence-corrected chi connectivity index (χ2v) is 8.37. The predicted octanol–water partition coefficient (Wildman–Crippen LogP) is 7.56. The van der Waals surface area contributed by atoms with E-state index in [1.165, 1.54) is 74.3 Å². The fourth-order valence-electron chi connectivity index (χ4n) is 4.35. The molecule has 3 aromatic rings. The molecule has 6 rings (SSSR count). The Kier molecular flexibility index (Phi) is 8.30. The van der Waals surface area contributed by atoms with E-state index in [2.05, 4.69) is 38.1 Å². The first-order valence-electron chi connectivity index (χ1n) is 11.0. The summed E-state index contributed by atoms with van der Waals surface area (Å²) in [7, 11) is 4.64. The van der Waals surface area contributed by atoms with E-state index in [-0.39, 0.29) is 11.6 Å². The Balaban J connectivity index is 0.000000207. The molecule has 0 radical (unpaired) electrons. The average molecular weight is 658 g/mol. The van der Waals surface area contributed by atoms with E-state index in [9.17, 15) is 8.78 Å². The van der Waals surface area contributed by atoms with Crippen LogP contribution < -0.4 is 9.80 Å². The zero-order chi connectivity index (χ0) is 24.0. The van der Waals surface area contributed by atoms with Crippen molar-refractivity contribution in [3.8, 4) is 0 Å². The van der Waals surface area contributed by atoms with Crippen molar-refractivity contribution < 1.29 is 26.7 Å². The molecule has 1 aromatic heterocycles.